The molecule has 41 heavy (non-hydrogen) atoms. The lowest BCUT2D eigenvalue weighted by atomic mass is 10.0. The van der Waals surface area contributed by atoms with Crippen LogP contribution in [0.25, 0.3) is 0 Å². The lowest BCUT2D eigenvalue weighted by Gasteiger charge is -2.33. The Morgan fingerprint density at radius 2 is 1.56 bits per heavy atom. The molecule has 0 aliphatic carbocycles. The summed E-state index contributed by atoms with van der Waals surface area (Å²) in [6.45, 7) is 5.74. The second-order valence-electron chi connectivity index (χ2n) is 10.4. The summed E-state index contributed by atoms with van der Waals surface area (Å²) in [5.74, 6) is -0.601. The molecule has 3 rings (SSSR count). The molecule has 0 aliphatic rings. The Labute approximate surface area is 253 Å². The molecule has 220 valence electrons. The van der Waals surface area contributed by atoms with E-state index < -0.39 is 16.1 Å². The number of nitrogens with one attached hydrogen (secondary N) is 1. The zero-order valence-corrected chi connectivity index (χ0v) is 26.1. The van der Waals surface area contributed by atoms with Gasteiger partial charge in [0.1, 0.15) is 6.04 Å². The minimum Gasteiger partial charge on any atom is -0.352 e. The predicted molar refractivity (Wildman–Crippen MR) is 167 cm³/mol. The van der Waals surface area contributed by atoms with Crippen molar-refractivity contribution in [1.29, 1.82) is 0 Å². The van der Waals surface area contributed by atoms with Crippen LogP contribution in [0, 0.1) is 6.92 Å². The highest BCUT2D eigenvalue weighted by Crippen LogP contribution is 2.28. The molecule has 0 heterocycles. The first kappa shape index (κ1) is 32.4. The second-order valence-corrected chi connectivity index (χ2v) is 13.1. The molecule has 1 unspecified atom stereocenters. The fraction of sp³-hybridized carbons (Fsp3) is 0.355. The van der Waals surface area contributed by atoms with Crippen molar-refractivity contribution in [3.63, 3.8) is 0 Å². The van der Waals surface area contributed by atoms with E-state index in [1.807, 2.05) is 57.2 Å². The molecule has 1 N–H and O–H groups in total. The number of aryl methyl sites for hydroxylation is 1. The van der Waals surface area contributed by atoms with E-state index in [-0.39, 0.29) is 50.2 Å². The average Bonchev–Trinajstić information content (AvgIpc) is 2.89. The number of carbonyl (C=O) groups excluding carboxylic acids is 2. The van der Waals surface area contributed by atoms with Crippen molar-refractivity contribution in [3.8, 4) is 0 Å². The van der Waals surface area contributed by atoms with E-state index in [0.29, 0.717) is 21.3 Å². The Morgan fingerprint density at radius 3 is 2.15 bits per heavy atom. The largest absolute Gasteiger partial charge is 0.352 e. The zero-order valence-electron chi connectivity index (χ0n) is 23.8. The first-order chi connectivity index (χ1) is 19.4. The third kappa shape index (κ3) is 9.48. The van der Waals surface area contributed by atoms with Crippen molar-refractivity contribution >= 4 is 50.7 Å². The maximum absolute atomic E-state index is 13.9. The molecule has 0 bridgehead atoms. The van der Waals surface area contributed by atoms with Crippen LogP contribution in [0.4, 0.5) is 5.69 Å². The number of anilines is 1. The van der Waals surface area contributed by atoms with Crippen molar-refractivity contribution in [3.05, 3.63) is 99.5 Å². The highest BCUT2D eigenvalue weighted by molar-refractivity contribution is 7.92. The smallest absolute Gasteiger partial charge is 0.243 e. The summed E-state index contributed by atoms with van der Waals surface area (Å²) in [7, 11) is -3.59. The molecule has 3 aromatic rings. The minimum absolute atomic E-state index is 0.0140. The van der Waals surface area contributed by atoms with Gasteiger partial charge >= 0.3 is 0 Å². The van der Waals surface area contributed by atoms with E-state index in [0.717, 1.165) is 17.4 Å². The van der Waals surface area contributed by atoms with Crippen molar-refractivity contribution in [2.75, 3.05) is 17.1 Å². The number of amides is 2. The van der Waals surface area contributed by atoms with Gasteiger partial charge in [-0.15, -0.1) is 0 Å². The third-order valence-electron chi connectivity index (χ3n) is 6.53. The van der Waals surface area contributed by atoms with Crippen LogP contribution in [0.1, 0.15) is 43.4 Å². The van der Waals surface area contributed by atoms with Crippen LogP contribution in [0.2, 0.25) is 10.0 Å². The van der Waals surface area contributed by atoms with Crippen LogP contribution >= 0.6 is 23.2 Å². The van der Waals surface area contributed by atoms with Gasteiger partial charge in [-0.05, 0) is 62.6 Å². The van der Waals surface area contributed by atoms with Gasteiger partial charge < -0.3 is 10.2 Å². The van der Waals surface area contributed by atoms with Crippen LogP contribution in [-0.4, -0.2) is 50.0 Å². The quantitative estimate of drug-likeness (QED) is 0.254. The van der Waals surface area contributed by atoms with Crippen molar-refractivity contribution < 1.29 is 18.0 Å². The molecule has 0 spiro atoms. The van der Waals surface area contributed by atoms with Crippen LogP contribution in [0.3, 0.4) is 0 Å². The molecule has 0 fully saturated rings. The van der Waals surface area contributed by atoms with Gasteiger partial charge in [0.15, 0.2) is 0 Å². The summed E-state index contributed by atoms with van der Waals surface area (Å²) in [6.07, 6.45) is 1.69. The van der Waals surface area contributed by atoms with Gasteiger partial charge in [0.25, 0.3) is 0 Å². The van der Waals surface area contributed by atoms with Gasteiger partial charge in [0.05, 0.1) is 11.9 Å². The molecule has 0 aromatic heterocycles. The number of rotatable bonds is 13. The van der Waals surface area contributed by atoms with Gasteiger partial charge in [-0.1, -0.05) is 71.7 Å². The van der Waals surface area contributed by atoms with Crippen LogP contribution in [-0.2, 0) is 32.6 Å². The molecule has 0 saturated carbocycles. The number of nitrogens with zero attached hydrogens (tertiary/aromatic N) is 2. The summed E-state index contributed by atoms with van der Waals surface area (Å²) in [6, 6.07) is 20.8. The Morgan fingerprint density at radius 1 is 0.927 bits per heavy atom. The molecule has 2 amide bonds. The molecule has 0 aliphatic heterocycles. The summed E-state index contributed by atoms with van der Waals surface area (Å²) in [5.41, 5.74) is 2.90. The lowest BCUT2D eigenvalue weighted by Crippen LogP contribution is -2.52. The fourth-order valence-corrected chi connectivity index (χ4v) is 6.05. The minimum atomic E-state index is -3.59. The van der Waals surface area contributed by atoms with Crippen LogP contribution < -0.4 is 9.62 Å². The highest BCUT2D eigenvalue weighted by atomic mass is 35.5. The summed E-state index contributed by atoms with van der Waals surface area (Å²) >= 11 is 13.0. The average molecular weight is 619 g/mol. The predicted octanol–water partition coefficient (Wildman–Crippen LogP) is 6.01. The normalized spacial score (nSPS) is 12.2. The second kappa shape index (κ2) is 14.7. The summed E-state index contributed by atoms with van der Waals surface area (Å²) in [5, 5.41) is 3.73. The maximum atomic E-state index is 13.9. The van der Waals surface area contributed by atoms with E-state index >= 15 is 0 Å². The van der Waals surface area contributed by atoms with Gasteiger partial charge in [0, 0.05) is 47.6 Å². The number of benzene rings is 3. The van der Waals surface area contributed by atoms with E-state index in [2.05, 4.69) is 5.32 Å². The van der Waals surface area contributed by atoms with E-state index in [9.17, 15) is 18.0 Å². The van der Waals surface area contributed by atoms with E-state index in [1.165, 1.54) is 9.21 Å². The molecule has 7 nitrogen and oxygen atoms in total. The highest BCUT2D eigenvalue weighted by Gasteiger charge is 2.31. The van der Waals surface area contributed by atoms with Gasteiger partial charge in [-0.2, -0.15) is 0 Å². The lowest BCUT2D eigenvalue weighted by molar-refractivity contribution is -0.141. The Hall–Kier alpha value is -3.07. The van der Waals surface area contributed by atoms with Crippen LogP contribution in [0.5, 0.6) is 0 Å². The van der Waals surface area contributed by atoms with E-state index in [1.54, 1.807) is 36.4 Å². The number of halogens is 2. The number of hydrogen-bond donors (Lipinski definition) is 1. The standard InChI is InChI=1S/C31H37Cl2N3O4S/c1-22(2)34-31(38)29(20-24-12-6-5-7-13-24)35(21-26-27(32)15-9-16-28(26)33)30(37)17-10-18-36(41(4,39)40)25-14-8-11-23(3)19-25/h5-9,11-16,19,22,29H,10,17-18,20-21H2,1-4H3,(H,34,38). The Kier molecular flexibility index (Phi) is 11.6. The Bertz CT molecular complexity index is 1430. The van der Waals surface area contributed by atoms with Gasteiger partial charge in [-0.25, -0.2) is 8.42 Å². The molecule has 3 aromatic carbocycles. The van der Waals surface area contributed by atoms with Crippen molar-refractivity contribution in [1.82, 2.24) is 10.2 Å². The van der Waals surface area contributed by atoms with Crippen molar-refractivity contribution in [2.45, 2.75) is 58.7 Å². The van der Waals surface area contributed by atoms with Crippen LogP contribution in [0.15, 0.2) is 72.8 Å². The zero-order chi connectivity index (χ0) is 30.2. The molecule has 1 atom stereocenters. The Balaban J connectivity index is 1.93. The molecular weight excluding hydrogens is 581 g/mol. The van der Waals surface area contributed by atoms with E-state index in [4.69, 9.17) is 23.2 Å². The monoisotopic (exact) mass is 617 g/mol. The fourth-order valence-electron chi connectivity index (χ4n) is 4.58. The topological polar surface area (TPSA) is 86.8 Å². The first-order valence-corrected chi connectivity index (χ1v) is 16.1. The number of sulfonamides is 1. The summed E-state index contributed by atoms with van der Waals surface area (Å²) < 4.78 is 26.5. The molecule has 10 heteroatoms. The first-order valence-electron chi connectivity index (χ1n) is 13.5. The van der Waals surface area contributed by atoms with Crippen molar-refractivity contribution in [2.24, 2.45) is 0 Å². The van der Waals surface area contributed by atoms with Gasteiger partial charge in [-0.3, -0.25) is 13.9 Å². The maximum Gasteiger partial charge on any atom is 0.243 e. The van der Waals surface area contributed by atoms with Gasteiger partial charge in [0.2, 0.25) is 21.8 Å². The summed E-state index contributed by atoms with van der Waals surface area (Å²) in [4.78, 5) is 29.0. The third-order valence-corrected chi connectivity index (χ3v) is 8.44. The molecule has 0 radical (unpaired) electrons. The SMILES string of the molecule is Cc1cccc(N(CCCC(=O)N(Cc2c(Cl)cccc2Cl)C(Cc2ccccc2)C(=O)NC(C)C)S(C)(=O)=O)c1. The number of carbonyl (C=O) groups is 2. The molecule has 0 saturated heterocycles. The number of hydrogen-bond acceptors (Lipinski definition) is 4. The molecular formula is C31H37Cl2N3O4S.